The number of hydrogen-bond acceptors (Lipinski definition) is 5. The van der Waals surface area contributed by atoms with E-state index in [2.05, 4.69) is 4.98 Å². The van der Waals surface area contributed by atoms with Crippen LogP contribution in [0.5, 0.6) is 0 Å². The molecule has 1 aromatic rings. The van der Waals surface area contributed by atoms with E-state index in [1.165, 1.54) is 18.3 Å². The van der Waals surface area contributed by atoms with Crippen molar-refractivity contribution >= 4 is 18.4 Å². The predicted molar refractivity (Wildman–Crippen MR) is 65.3 cm³/mol. The Hall–Kier alpha value is -1.12. The zero-order valence-corrected chi connectivity index (χ0v) is 11.0. The van der Waals surface area contributed by atoms with Gasteiger partial charge in [0.2, 0.25) is 0 Å². The molecule has 0 bridgehead atoms. The van der Waals surface area contributed by atoms with Crippen LogP contribution in [0.1, 0.15) is 21.6 Å². The lowest BCUT2D eigenvalue weighted by atomic mass is 10.1. The van der Waals surface area contributed by atoms with Gasteiger partial charge in [0.1, 0.15) is 5.69 Å². The second-order valence-electron chi connectivity index (χ2n) is 4.19. The zero-order valence-electron chi connectivity index (χ0n) is 10.1. The number of carbonyl (C=O) groups is 1. The highest BCUT2D eigenvalue weighted by Gasteiger charge is 2.34. The molecule has 1 aliphatic heterocycles. The Morgan fingerprint density at radius 2 is 2.21 bits per heavy atom. The monoisotopic (exact) mass is 291 g/mol. The van der Waals surface area contributed by atoms with Crippen molar-refractivity contribution in [3.05, 3.63) is 29.1 Å². The summed E-state index contributed by atoms with van der Waals surface area (Å²) in [6.07, 6.45) is -3.11. The minimum absolute atomic E-state index is 0.130. The Kier molecular flexibility index (Phi) is 4.12. The smallest absolute Gasteiger partial charge is 0.296 e. The van der Waals surface area contributed by atoms with Crippen LogP contribution in [0.15, 0.2) is 12.3 Å². The molecule has 0 spiro atoms. The Labute approximate surface area is 112 Å². The summed E-state index contributed by atoms with van der Waals surface area (Å²) in [7, 11) is 1.92. The molecule has 104 valence electrons. The van der Waals surface area contributed by atoms with Gasteiger partial charge in [-0.15, -0.1) is 0 Å². The molecule has 0 saturated carbocycles. The van der Waals surface area contributed by atoms with Crippen molar-refractivity contribution in [3.63, 3.8) is 0 Å². The molecule has 1 saturated heterocycles. The number of halogens is 3. The van der Waals surface area contributed by atoms with Gasteiger partial charge in [0, 0.05) is 38.0 Å². The lowest BCUT2D eigenvalue weighted by Crippen LogP contribution is -2.15. The summed E-state index contributed by atoms with van der Waals surface area (Å²) in [4.78, 5) is 14.2. The van der Waals surface area contributed by atoms with E-state index in [1.807, 2.05) is 15.7 Å². The third-order valence-electron chi connectivity index (χ3n) is 2.67. The predicted octanol–water partition coefficient (Wildman–Crippen LogP) is 2.22. The number of aromatic nitrogens is 1. The first kappa shape index (κ1) is 14.3. The van der Waals surface area contributed by atoms with Crippen LogP contribution in [-0.4, -0.2) is 40.0 Å². The van der Waals surface area contributed by atoms with Crippen LogP contribution in [0.2, 0.25) is 0 Å². The van der Waals surface area contributed by atoms with Gasteiger partial charge in [-0.25, -0.2) is 8.61 Å². The van der Waals surface area contributed by atoms with Gasteiger partial charge in [-0.2, -0.15) is 13.2 Å². The Morgan fingerprint density at radius 1 is 1.47 bits per heavy atom. The Bertz CT molecular complexity index is 481. The fourth-order valence-corrected chi connectivity index (χ4v) is 2.70. The van der Waals surface area contributed by atoms with Gasteiger partial charge in [0.15, 0.2) is 6.29 Å². The third-order valence-corrected chi connectivity index (χ3v) is 3.67. The van der Waals surface area contributed by atoms with Gasteiger partial charge in [0.05, 0.1) is 5.56 Å². The Balaban J connectivity index is 2.21. The maximum absolute atomic E-state index is 12.8. The SMILES string of the molecule is CN1CCN(Cc2cnc(C=O)c(C(F)(F)F)c2)S1. The number of aldehydes is 1. The van der Waals surface area contributed by atoms with Gasteiger partial charge in [-0.05, 0) is 18.7 Å². The van der Waals surface area contributed by atoms with Crippen LogP contribution in [0.3, 0.4) is 0 Å². The molecule has 0 aromatic carbocycles. The van der Waals surface area contributed by atoms with Gasteiger partial charge in [0.25, 0.3) is 0 Å². The normalized spacial score (nSPS) is 17.9. The van der Waals surface area contributed by atoms with Gasteiger partial charge in [-0.3, -0.25) is 9.78 Å². The first-order valence-electron chi connectivity index (χ1n) is 5.55. The second kappa shape index (κ2) is 5.48. The van der Waals surface area contributed by atoms with E-state index in [-0.39, 0.29) is 6.29 Å². The first-order chi connectivity index (χ1) is 8.90. The van der Waals surface area contributed by atoms with Crippen LogP contribution in [0, 0.1) is 0 Å². The minimum Gasteiger partial charge on any atom is -0.296 e. The van der Waals surface area contributed by atoms with E-state index in [0.29, 0.717) is 12.1 Å². The average molecular weight is 291 g/mol. The molecule has 0 aliphatic carbocycles. The largest absolute Gasteiger partial charge is 0.418 e. The van der Waals surface area contributed by atoms with E-state index < -0.39 is 17.4 Å². The van der Waals surface area contributed by atoms with Crippen LogP contribution in [0.4, 0.5) is 13.2 Å². The topological polar surface area (TPSA) is 36.4 Å². The van der Waals surface area contributed by atoms with Gasteiger partial charge in [-0.1, -0.05) is 0 Å². The molecule has 0 radical (unpaired) electrons. The molecular weight excluding hydrogens is 279 g/mol. The molecule has 4 nitrogen and oxygen atoms in total. The third kappa shape index (κ3) is 3.46. The Morgan fingerprint density at radius 3 is 2.74 bits per heavy atom. The highest BCUT2D eigenvalue weighted by atomic mass is 32.2. The molecule has 0 N–H and O–H groups in total. The van der Waals surface area contributed by atoms with Crippen LogP contribution in [0.25, 0.3) is 0 Å². The molecule has 1 aliphatic rings. The van der Waals surface area contributed by atoms with Crippen molar-refractivity contribution in [2.24, 2.45) is 0 Å². The molecule has 1 fully saturated rings. The number of alkyl halides is 3. The lowest BCUT2D eigenvalue weighted by Gasteiger charge is -2.15. The summed E-state index contributed by atoms with van der Waals surface area (Å²) in [5, 5.41) is 0. The van der Waals surface area contributed by atoms with Gasteiger partial charge >= 0.3 is 6.18 Å². The summed E-state index contributed by atoms with van der Waals surface area (Å²) in [5.41, 5.74) is -1.10. The van der Waals surface area contributed by atoms with E-state index in [1.54, 1.807) is 0 Å². The highest BCUT2D eigenvalue weighted by molar-refractivity contribution is 7.94. The summed E-state index contributed by atoms with van der Waals surface area (Å²) in [6.45, 7) is 2.00. The van der Waals surface area contributed by atoms with Crippen molar-refractivity contribution in [2.45, 2.75) is 12.7 Å². The molecule has 0 atom stereocenters. The molecule has 0 amide bonds. The van der Waals surface area contributed by atoms with Crippen molar-refractivity contribution in [3.8, 4) is 0 Å². The fourth-order valence-electron chi connectivity index (χ4n) is 1.77. The van der Waals surface area contributed by atoms with Gasteiger partial charge < -0.3 is 0 Å². The zero-order chi connectivity index (χ0) is 14.0. The standard InChI is InChI=1S/C11H12F3N3OS/c1-16-2-3-17(19-16)6-8-4-9(11(12,13)14)10(7-18)15-5-8/h4-5,7H,2-3,6H2,1H3. The van der Waals surface area contributed by atoms with Crippen molar-refractivity contribution in [1.29, 1.82) is 0 Å². The molecule has 2 heterocycles. The van der Waals surface area contributed by atoms with Crippen LogP contribution in [-0.2, 0) is 12.7 Å². The van der Waals surface area contributed by atoms with Crippen molar-refractivity contribution in [2.75, 3.05) is 20.1 Å². The molecule has 1 aromatic heterocycles. The maximum Gasteiger partial charge on any atom is 0.418 e. The van der Waals surface area contributed by atoms with Crippen molar-refractivity contribution in [1.82, 2.24) is 13.6 Å². The molecule has 19 heavy (non-hydrogen) atoms. The number of nitrogens with zero attached hydrogens (tertiary/aromatic N) is 3. The summed E-state index contributed by atoms with van der Waals surface area (Å²) in [6, 6.07) is 0.996. The van der Waals surface area contributed by atoms with E-state index in [0.717, 1.165) is 19.2 Å². The maximum atomic E-state index is 12.8. The molecule has 0 unspecified atom stereocenters. The summed E-state index contributed by atoms with van der Waals surface area (Å²) in [5.74, 6) is 0. The fraction of sp³-hybridized carbons (Fsp3) is 0.455. The highest BCUT2D eigenvalue weighted by Crippen LogP contribution is 2.32. The lowest BCUT2D eigenvalue weighted by molar-refractivity contribution is -0.138. The first-order valence-corrected chi connectivity index (χ1v) is 6.28. The van der Waals surface area contributed by atoms with E-state index in [4.69, 9.17) is 0 Å². The quantitative estimate of drug-likeness (QED) is 0.630. The number of likely N-dealkylation sites (N-methyl/N-ethyl adjacent to an activating group) is 1. The minimum atomic E-state index is -4.56. The number of pyridine rings is 1. The van der Waals surface area contributed by atoms with E-state index in [9.17, 15) is 18.0 Å². The molecule has 8 heteroatoms. The second-order valence-corrected chi connectivity index (χ2v) is 5.49. The van der Waals surface area contributed by atoms with E-state index >= 15 is 0 Å². The van der Waals surface area contributed by atoms with Crippen LogP contribution >= 0.6 is 12.1 Å². The average Bonchev–Trinajstić information content (AvgIpc) is 2.73. The molecule has 2 rings (SSSR count). The van der Waals surface area contributed by atoms with Crippen molar-refractivity contribution < 1.29 is 18.0 Å². The number of hydrogen-bond donors (Lipinski definition) is 0. The summed E-state index contributed by atoms with van der Waals surface area (Å²) < 4.78 is 42.2. The number of rotatable bonds is 3. The number of carbonyl (C=O) groups excluding carboxylic acids is 1. The van der Waals surface area contributed by atoms with Crippen LogP contribution < -0.4 is 0 Å². The summed E-state index contributed by atoms with van der Waals surface area (Å²) >= 11 is 1.47. The molecular formula is C11H12F3N3OS.